The number of ether oxygens (including phenoxy) is 1. The first kappa shape index (κ1) is 25.0. The van der Waals surface area contributed by atoms with Crippen molar-refractivity contribution in [3.8, 4) is 0 Å². The highest BCUT2D eigenvalue weighted by atomic mass is 19.3. The number of nitrogens with one attached hydrogen (secondary N) is 2. The summed E-state index contributed by atoms with van der Waals surface area (Å²) in [7, 11) is 1.59. The number of halogens is 3. The molecule has 1 aliphatic heterocycles. The Morgan fingerprint density at radius 3 is 2.88 bits per heavy atom. The second kappa shape index (κ2) is 12.0. The van der Waals surface area contributed by atoms with Gasteiger partial charge in [-0.1, -0.05) is 24.8 Å². The number of aromatic nitrogens is 1. The second-order valence-electron chi connectivity index (χ2n) is 8.06. The number of hydrogen-bond acceptors (Lipinski definition) is 5. The van der Waals surface area contributed by atoms with Gasteiger partial charge in [0.2, 0.25) is 5.90 Å². The van der Waals surface area contributed by atoms with Crippen LogP contribution in [0.15, 0.2) is 46.5 Å². The molecule has 0 bridgehead atoms. The predicted molar refractivity (Wildman–Crippen MR) is 127 cm³/mol. The van der Waals surface area contributed by atoms with E-state index < -0.39 is 12.5 Å². The molecule has 0 aliphatic carbocycles. The molecule has 0 saturated heterocycles. The van der Waals surface area contributed by atoms with Gasteiger partial charge in [0.15, 0.2) is 0 Å². The minimum absolute atomic E-state index is 0.103. The van der Waals surface area contributed by atoms with Crippen LogP contribution in [0.2, 0.25) is 0 Å². The van der Waals surface area contributed by atoms with Gasteiger partial charge in [-0.25, -0.2) is 8.78 Å². The van der Waals surface area contributed by atoms with Crippen LogP contribution in [0.5, 0.6) is 0 Å². The summed E-state index contributed by atoms with van der Waals surface area (Å²) in [6, 6.07) is 7.33. The van der Waals surface area contributed by atoms with E-state index in [0.29, 0.717) is 44.1 Å². The smallest absolute Gasteiger partial charge is 0.251 e. The van der Waals surface area contributed by atoms with E-state index in [1.54, 1.807) is 11.9 Å². The van der Waals surface area contributed by atoms with Crippen LogP contribution in [0.4, 0.5) is 13.2 Å². The number of aliphatic imine (C=N–C) groups is 2. The van der Waals surface area contributed by atoms with Crippen molar-refractivity contribution in [1.82, 2.24) is 15.2 Å². The standard InChI is InChI=1S/C24H32F3N5O/c1-16-13-19-18-7-4-5-8-20(18)31-23(19)24(32(16)15-21(26)27)17(2)30-14-22(28-3)33-12-11-29-10-6-9-25/h4-5,7-8,14,16,21,24,29,31H,2,6,9-13,15H2,1,3H3/b28-22+,30-14-/t16-,24-/m1/s1. The maximum absolute atomic E-state index is 13.4. The Labute approximate surface area is 192 Å². The molecule has 33 heavy (non-hydrogen) atoms. The van der Waals surface area contributed by atoms with Crippen LogP contribution >= 0.6 is 0 Å². The molecule has 3 rings (SSSR count). The average molecular weight is 464 g/mol. The first-order chi connectivity index (χ1) is 16.0. The van der Waals surface area contributed by atoms with Gasteiger partial charge < -0.3 is 15.0 Å². The third kappa shape index (κ3) is 6.23. The zero-order valence-electron chi connectivity index (χ0n) is 19.2. The zero-order chi connectivity index (χ0) is 23.8. The van der Waals surface area contributed by atoms with Crippen molar-refractivity contribution in [2.24, 2.45) is 9.98 Å². The predicted octanol–water partition coefficient (Wildman–Crippen LogP) is 4.30. The van der Waals surface area contributed by atoms with Crippen LogP contribution in [-0.4, -0.2) is 74.4 Å². The molecule has 9 heteroatoms. The van der Waals surface area contributed by atoms with E-state index in [0.717, 1.165) is 22.2 Å². The number of para-hydroxylation sites is 1. The summed E-state index contributed by atoms with van der Waals surface area (Å²) in [6.45, 7) is 6.82. The molecular weight excluding hydrogens is 431 g/mol. The third-order valence-corrected chi connectivity index (χ3v) is 5.76. The average Bonchev–Trinajstić information content (AvgIpc) is 3.16. The van der Waals surface area contributed by atoms with E-state index in [1.165, 1.54) is 6.21 Å². The van der Waals surface area contributed by atoms with Crippen LogP contribution < -0.4 is 5.32 Å². The first-order valence-corrected chi connectivity index (χ1v) is 11.2. The highest BCUT2D eigenvalue weighted by molar-refractivity contribution is 6.26. The van der Waals surface area contributed by atoms with E-state index in [9.17, 15) is 13.2 Å². The Bertz CT molecular complexity index is 988. The van der Waals surface area contributed by atoms with Gasteiger partial charge in [0.25, 0.3) is 6.43 Å². The molecule has 0 radical (unpaired) electrons. The molecule has 1 aliphatic rings. The lowest BCUT2D eigenvalue weighted by Crippen LogP contribution is -2.45. The van der Waals surface area contributed by atoms with Gasteiger partial charge >= 0.3 is 0 Å². The van der Waals surface area contributed by atoms with E-state index in [-0.39, 0.29) is 19.3 Å². The molecule has 0 saturated carbocycles. The molecule has 2 heterocycles. The highest BCUT2D eigenvalue weighted by Crippen LogP contribution is 2.40. The topological polar surface area (TPSA) is 65.0 Å². The van der Waals surface area contributed by atoms with E-state index in [1.807, 2.05) is 31.2 Å². The normalized spacial score (nSPS) is 19.5. The lowest BCUT2D eigenvalue weighted by Gasteiger charge is -2.40. The van der Waals surface area contributed by atoms with Crippen LogP contribution in [0.1, 0.15) is 30.6 Å². The van der Waals surface area contributed by atoms with Crippen molar-refractivity contribution in [2.75, 3.05) is 40.0 Å². The van der Waals surface area contributed by atoms with Gasteiger partial charge in [0.1, 0.15) is 6.61 Å². The van der Waals surface area contributed by atoms with Gasteiger partial charge in [0, 0.05) is 36.2 Å². The number of benzene rings is 1. The maximum Gasteiger partial charge on any atom is 0.251 e. The lowest BCUT2D eigenvalue weighted by molar-refractivity contribution is 0.0444. The minimum Gasteiger partial charge on any atom is -0.475 e. The lowest BCUT2D eigenvalue weighted by atomic mass is 9.91. The van der Waals surface area contributed by atoms with Gasteiger partial charge in [-0.3, -0.25) is 19.3 Å². The van der Waals surface area contributed by atoms with Crippen molar-refractivity contribution in [2.45, 2.75) is 38.3 Å². The number of rotatable bonds is 11. The fourth-order valence-corrected chi connectivity index (χ4v) is 4.22. The molecule has 0 spiro atoms. The fourth-order valence-electron chi connectivity index (χ4n) is 4.22. The molecule has 0 unspecified atom stereocenters. The van der Waals surface area contributed by atoms with Crippen LogP contribution in [0.25, 0.3) is 10.9 Å². The Morgan fingerprint density at radius 1 is 1.36 bits per heavy atom. The molecule has 0 fully saturated rings. The maximum atomic E-state index is 13.4. The van der Waals surface area contributed by atoms with Crippen molar-refractivity contribution in [3.05, 3.63) is 47.8 Å². The highest BCUT2D eigenvalue weighted by Gasteiger charge is 2.37. The Hall–Kier alpha value is -2.65. The number of nitrogens with zero attached hydrogens (tertiary/aromatic N) is 3. The monoisotopic (exact) mass is 463 g/mol. The summed E-state index contributed by atoms with van der Waals surface area (Å²) in [5.41, 5.74) is 3.37. The number of alkyl halides is 3. The molecule has 1 aromatic carbocycles. The van der Waals surface area contributed by atoms with Gasteiger partial charge in [0.05, 0.1) is 31.2 Å². The van der Waals surface area contributed by atoms with Crippen molar-refractivity contribution in [3.63, 3.8) is 0 Å². The molecular formula is C24H32F3N5O. The molecule has 1 aromatic heterocycles. The van der Waals surface area contributed by atoms with Crippen LogP contribution in [-0.2, 0) is 11.2 Å². The Balaban J connectivity index is 1.78. The number of fused-ring (bicyclic) bond motifs is 3. The molecule has 2 N–H and O–H groups in total. The first-order valence-electron chi connectivity index (χ1n) is 11.2. The quantitative estimate of drug-likeness (QED) is 0.297. The van der Waals surface area contributed by atoms with Gasteiger partial charge in [-0.2, -0.15) is 0 Å². The van der Waals surface area contributed by atoms with Crippen molar-refractivity contribution < 1.29 is 17.9 Å². The van der Waals surface area contributed by atoms with Crippen LogP contribution in [0.3, 0.4) is 0 Å². The van der Waals surface area contributed by atoms with Crippen molar-refractivity contribution in [1.29, 1.82) is 0 Å². The van der Waals surface area contributed by atoms with E-state index >= 15 is 0 Å². The molecule has 0 amide bonds. The number of hydrogen-bond donors (Lipinski definition) is 2. The number of H-pyrrole nitrogens is 1. The second-order valence-corrected chi connectivity index (χ2v) is 8.06. The molecule has 2 aromatic rings. The minimum atomic E-state index is -2.47. The van der Waals surface area contributed by atoms with Gasteiger partial charge in [-0.15, -0.1) is 0 Å². The largest absolute Gasteiger partial charge is 0.475 e. The summed E-state index contributed by atoms with van der Waals surface area (Å²) in [6.07, 6.45) is 0.116. The fraction of sp³-hybridized carbons (Fsp3) is 0.500. The molecule has 6 nitrogen and oxygen atoms in total. The zero-order valence-corrected chi connectivity index (χ0v) is 19.2. The number of aromatic amines is 1. The van der Waals surface area contributed by atoms with E-state index in [4.69, 9.17) is 4.74 Å². The Morgan fingerprint density at radius 2 is 2.15 bits per heavy atom. The van der Waals surface area contributed by atoms with Gasteiger partial charge in [-0.05, 0) is 37.9 Å². The Kier molecular flexibility index (Phi) is 9.08. The summed E-state index contributed by atoms with van der Waals surface area (Å²) in [4.78, 5) is 13.7. The molecule has 180 valence electrons. The summed E-state index contributed by atoms with van der Waals surface area (Å²) >= 11 is 0. The SMILES string of the molecule is C=C(/N=C\C(=N/C)OCCNCCCF)[C@@H]1c2[nH]c3ccccc3c2C[C@@H](C)N1CC(F)F. The van der Waals surface area contributed by atoms with E-state index in [2.05, 4.69) is 26.9 Å². The third-order valence-electron chi connectivity index (χ3n) is 5.76. The summed E-state index contributed by atoms with van der Waals surface area (Å²) in [5.74, 6) is 0.310. The molecule has 2 atom stereocenters. The van der Waals surface area contributed by atoms with Crippen molar-refractivity contribution >= 4 is 23.0 Å². The summed E-state index contributed by atoms with van der Waals surface area (Å²) in [5, 5.41) is 4.17. The summed E-state index contributed by atoms with van der Waals surface area (Å²) < 4.78 is 44.6. The van der Waals surface area contributed by atoms with Crippen LogP contribution in [0, 0.1) is 0 Å².